The van der Waals surface area contributed by atoms with E-state index in [9.17, 15) is 0 Å². The van der Waals surface area contributed by atoms with E-state index < -0.39 is 0 Å². The van der Waals surface area contributed by atoms with Crippen molar-refractivity contribution in [3.05, 3.63) is 0 Å². The van der Waals surface area contributed by atoms with Gasteiger partial charge in [0.2, 0.25) is 0 Å². The molecule has 3 rings (SSSR count). The van der Waals surface area contributed by atoms with Crippen molar-refractivity contribution >= 4 is 0 Å². The van der Waals surface area contributed by atoms with Crippen molar-refractivity contribution in [1.82, 2.24) is 9.80 Å². The highest BCUT2D eigenvalue weighted by molar-refractivity contribution is 5.08. The lowest BCUT2D eigenvalue weighted by Crippen LogP contribution is -2.69. The number of hydrogen-bond acceptors (Lipinski definition) is 3. The van der Waals surface area contributed by atoms with Gasteiger partial charge >= 0.3 is 0 Å². The van der Waals surface area contributed by atoms with E-state index in [4.69, 9.17) is 4.74 Å². The van der Waals surface area contributed by atoms with Crippen molar-refractivity contribution in [2.24, 2.45) is 5.41 Å². The molecule has 3 fully saturated rings. The highest BCUT2D eigenvalue weighted by Gasteiger charge is 2.53. The van der Waals surface area contributed by atoms with Crippen LogP contribution in [-0.4, -0.2) is 62.3 Å². The third-order valence-corrected chi connectivity index (χ3v) is 4.27. The topological polar surface area (TPSA) is 15.7 Å². The van der Waals surface area contributed by atoms with Gasteiger partial charge in [0.25, 0.3) is 0 Å². The largest absolute Gasteiger partial charge is 0.379 e. The second kappa shape index (κ2) is 2.94. The van der Waals surface area contributed by atoms with Gasteiger partial charge in [0.1, 0.15) is 0 Å². The smallest absolute Gasteiger partial charge is 0.0825 e. The molecule has 0 bridgehead atoms. The molecule has 0 N–H and O–H groups in total. The van der Waals surface area contributed by atoms with Crippen molar-refractivity contribution in [3.63, 3.8) is 0 Å². The van der Waals surface area contributed by atoms with E-state index in [1.165, 1.54) is 39.0 Å². The second-order valence-electron chi connectivity index (χ2n) is 5.55. The standard InChI is InChI=1S/C11H20N2O/c1-12-7-11(8-12)3-9(4-11)13-5-10(6-13)14-2/h9-10H,3-8H2,1-2H3. The van der Waals surface area contributed by atoms with Crippen LogP contribution in [0.5, 0.6) is 0 Å². The number of hydrogen-bond donors (Lipinski definition) is 0. The molecule has 0 atom stereocenters. The summed E-state index contributed by atoms with van der Waals surface area (Å²) in [5, 5.41) is 0. The van der Waals surface area contributed by atoms with Crippen molar-refractivity contribution in [3.8, 4) is 0 Å². The summed E-state index contributed by atoms with van der Waals surface area (Å²) in [7, 11) is 4.05. The first-order chi connectivity index (χ1) is 6.71. The van der Waals surface area contributed by atoms with Crippen molar-refractivity contribution in [2.75, 3.05) is 40.3 Å². The van der Waals surface area contributed by atoms with Crippen molar-refractivity contribution in [1.29, 1.82) is 0 Å². The molecule has 3 aliphatic rings. The van der Waals surface area contributed by atoms with Crippen LogP contribution >= 0.6 is 0 Å². The van der Waals surface area contributed by atoms with Gasteiger partial charge in [-0.2, -0.15) is 0 Å². The first-order valence-electron chi connectivity index (χ1n) is 5.66. The Morgan fingerprint density at radius 2 is 1.86 bits per heavy atom. The average Bonchev–Trinajstić information content (AvgIpc) is 1.94. The molecule has 0 radical (unpaired) electrons. The average molecular weight is 196 g/mol. The maximum absolute atomic E-state index is 5.29. The van der Waals surface area contributed by atoms with Gasteiger partial charge in [-0.1, -0.05) is 0 Å². The molecule has 0 unspecified atom stereocenters. The lowest BCUT2D eigenvalue weighted by molar-refractivity contribution is -0.140. The van der Waals surface area contributed by atoms with Crippen LogP contribution in [0.2, 0.25) is 0 Å². The van der Waals surface area contributed by atoms with Crippen LogP contribution in [-0.2, 0) is 4.74 Å². The molecule has 0 aromatic heterocycles. The fourth-order valence-corrected chi connectivity index (χ4v) is 3.47. The van der Waals surface area contributed by atoms with Crippen molar-refractivity contribution < 1.29 is 4.74 Å². The normalized spacial score (nSPS) is 33.9. The Kier molecular flexibility index (Phi) is 1.92. The summed E-state index contributed by atoms with van der Waals surface area (Å²) < 4.78 is 5.29. The fraction of sp³-hybridized carbons (Fsp3) is 1.00. The zero-order chi connectivity index (χ0) is 9.76. The Bertz CT molecular complexity index is 223. The minimum Gasteiger partial charge on any atom is -0.379 e. The molecule has 1 aliphatic carbocycles. The molecule has 0 aromatic rings. The van der Waals surface area contributed by atoms with Crippen LogP contribution in [0.15, 0.2) is 0 Å². The Morgan fingerprint density at radius 3 is 2.36 bits per heavy atom. The SMILES string of the molecule is COC1CN(C2CC3(C2)CN(C)C3)C1. The predicted molar refractivity (Wildman–Crippen MR) is 55.3 cm³/mol. The van der Waals surface area contributed by atoms with E-state index in [1.54, 1.807) is 0 Å². The molecule has 2 saturated heterocycles. The molecule has 1 saturated carbocycles. The Balaban J connectivity index is 1.43. The maximum Gasteiger partial charge on any atom is 0.0825 e. The molecular formula is C11H20N2O. The lowest BCUT2D eigenvalue weighted by atomic mass is 9.60. The van der Waals surface area contributed by atoms with E-state index >= 15 is 0 Å². The maximum atomic E-state index is 5.29. The van der Waals surface area contributed by atoms with Gasteiger partial charge in [0, 0.05) is 39.3 Å². The molecule has 2 heterocycles. The predicted octanol–water partition coefficient (Wildman–Crippen LogP) is 0.411. The molecule has 14 heavy (non-hydrogen) atoms. The molecular weight excluding hydrogens is 176 g/mol. The fourth-order valence-electron chi connectivity index (χ4n) is 3.47. The Labute approximate surface area is 86.0 Å². The summed E-state index contributed by atoms with van der Waals surface area (Å²) in [5.41, 5.74) is 0.734. The Hall–Kier alpha value is -0.120. The molecule has 2 aliphatic heterocycles. The van der Waals surface area contributed by atoms with Crippen molar-refractivity contribution in [2.45, 2.75) is 25.0 Å². The van der Waals surface area contributed by atoms with Crippen LogP contribution in [0.4, 0.5) is 0 Å². The summed E-state index contributed by atoms with van der Waals surface area (Å²) in [6.07, 6.45) is 3.40. The summed E-state index contributed by atoms with van der Waals surface area (Å²) in [5.74, 6) is 0. The van der Waals surface area contributed by atoms with Gasteiger partial charge < -0.3 is 9.64 Å². The van der Waals surface area contributed by atoms with E-state index in [0.29, 0.717) is 6.10 Å². The highest BCUT2D eigenvalue weighted by Crippen LogP contribution is 2.50. The second-order valence-corrected chi connectivity index (χ2v) is 5.55. The summed E-state index contributed by atoms with van der Waals surface area (Å²) in [6, 6.07) is 0.884. The lowest BCUT2D eigenvalue weighted by Gasteiger charge is -2.62. The van der Waals surface area contributed by atoms with Gasteiger partial charge in [-0.3, -0.25) is 4.90 Å². The number of rotatable bonds is 2. The zero-order valence-corrected chi connectivity index (χ0v) is 9.20. The third-order valence-electron chi connectivity index (χ3n) is 4.27. The first-order valence-corrected chi connectivity index (χ1v) is 5.66. The number of methoxy groups -OCH3 is 1. The number of ether oxygens (including phenoxy) is 1. The molecule has 0 amide bonds. The van der Waals surface area contributed by atoms with Gasteiger partial charge in [-0.05, 0) is 25.3 Å². The van der Waals surface area contributed by atoms with Gasteiger partial charge in [-0.25, -0.2) is 0 Å². The quantitative estimate of drug-likeness (QED) is 0.636. The summed E-state index contributed by atoms with van der Waals surface area (Å²) in [6.45, 7) is 5.02. The van der Waals surface area contributed by atoms with E-state index in [0.717, 1.165) is 11.5 Å². The number of nitrogens with zero attached hydrogens (tertiary/aromatic N) is 2. The molecule has 80 valence electrons. The number of likely N-dealkylation sites (tertiary alicyclic amines) is 2. The van der Waals surface area contributed by atoms with Crippen LogP contribution in [0.25, 0.3) is 0 Å². The van der Waals surface area contributed by atoms with Crippen LogP contribution < -0.4 is 0 Å². The zero-order valence-electron chi connectivity index (χ0n) is 9.20. The highest BCUT2D eigenvalue weighted by atomic mass is 16.5. The third kappa shape index (κ3) is 1.23. The molecule has 1 spiro atoms. The molecule has 3 nitrogen and oxygen atoms in total. The minimum atomic E-state index is 0.524. The molecule has 0 aromatic carbocycles. The minimum absolute atomic E-state index is 0.524. The Morgan fingerprint density at radius 1 is 1.21 bits per heavy atom. The van der Waals surface area contributed by atoms with Gasteiger partial charge in [-0.15, -0.1) is 0 Å². The summed E-state index contributed by atoms with van der Waals surface area (Å²) >= 11 is 0. The first kappa shape index (κ1) is 9.13. The van der Waals surface area contributed by atoms with E-state index in [1.807, 2.05) is 7.11 Å². The monoisotopic (exact) mass is 196 g/mol. The van der Waals surface area contributed by atoms with E-state index in [2.05, 4.69) is 16.8 Å². The van der Waals surface area contributed by atoms with Crippen LogP contribution in [0.3, 0.4) is 0 Å². The van der Waals surface area contributed by atoms with Gasteiger partial charge in [0.15, 0.2) is 0 Å². The van der Waals surface area contributed by atoms with Gasteiger partial charge in [0.05, 0.1) is 6.10 Å². The van der Waals surface area contributed by atoms with E-state index in [-0.39, 0.29) is 0 Å². The van der Waals surface area contributed by atoms with Crippen LogP contribution in [0.1, 0.15) is 12.8 Å². The van der Waals surface area contributed by atoms with Crippen LogP contribution in [0, 0.1) is 5.41 Å². The molecule has 3 heteroatoms. The summed E-state index contributed by atoms with van der Waals surface area (Å²) in [4.78, 5) is 5.03.